The summed E-state index contributed by atoms with van der Waals surface area (Å²) in [7, 11) is 0.211. The van der Waals surface area contributed by atoms with Gasteiger partial charge < -0.3 is 10.5 Å². The Morgan fingerprint density at radius 3 is 3.06 bits per heavy atom. The van der Waals surface area contributed by atoms with Gasteiger partial charge in [0.25, 0.3) is 0 Å². The maximum Gasteiger partial charge on any atom is 0.367 e. The van der Waals surface area contributed by atoms with Gasteiger partial charge in [-0.3, -0.25) is 0 Å². The fourth-order valence-corrected chi connectivity index (χ4v) is 2.33. The van der Waals surface area contributed by atoms with Gasteiger partial charge in [-0.25, -0.2) is 4.79 Å². The SMILES string of the molecule is Cc1ccc2c(c1)C(N)C(OC(=O)P=S)C2. The summed E-state index contributed by atoms with van der Waals surface area (Å²) in [5.41, 5.74) is 9.07. The van der Waals surface area contributed by atoms with E-state index in [1.54, 1.807) is 0 Å². The zero-order chi connectivity index (χ0) is 11.7. The monoisotopic (exact) mass is 253 g/mol. The highest BCUT2D eigenvalue weighted by Gasteiger charge is 2.32. The molecule has 1 aromatic carbocycles. The van der Waals surface area contributed by atoms with Crippen molar-refractivity contribution in [2.24, 2.45) is 5.73 Å². The Balaban J connectivity index is 2.20. The van der Waals surface area contributed by atoms with E-state index in [-0.39, 0.29) is 25.2 Å². The lowest BCUT2D eigenvalue weighted by Gasteiger charge is -2.15. The van der Waals surface area contributed by atoms with Crippen LogP contribution in [0.1, 0.15) is 22.7 Å². The fraction of sp³-hybridized carbons (Fsp3) is 0.364. The van der Waals surface area contributed by atoms with Crippen LogP contribution in [0.4, 0.5) is 4.79 Å². The van der Waals surface area contributed by atoms with Crippen molar-refractivity contribution in [1.82, 2.24) is 0 Å². The molecule has 0 spiro atoms. The van der Waals surface area contributed by atoms with Crippen molar-refractivity contribution >= 4 is 24.9 Å². The number of carbonyl (C=O) groups is 1. The minimum absolute atomic E-state index is 0.211. The summed E-state index contributed by atoms with van der Waals surface area (Å²) in [6.45, 7) is 2.02. The standard InChI is InChI=1S/C11H12NO2PS/c1-6-2-3-7-5-9(14-11(13)15-16)10(12)8(7)4-6/h2-4,9-10H,5,12H2,1H3. The predicted molar refractivity (Wildman–Crippen MR) is 66.4 cm³/mol. The maximum absolute atomic E-state index is 11.1. The molecule has 2 atom stereocenters. The lowest BCUT2D eigenvalue weighted by molar-refractivity contribution is 0.113. The highest BCUT2D eigenvalue weighted by molar-refractivity contribution is 8.03. The van der Waals surface area contributed by atoms with Gasteiger partial charge in [0.2, 0.25) is 0 Å². The molecule has 0 fully saturated rings. The van der Waals surface area contributed by atoms with Crippen molar-refractivity contribution in [3.63, 3.8) is 0 Å². The van der Waals surface area contributed by atoms with Crippen LogP contribution in [0.2, 0.25) is 0 Å². The molecule has 0 heterocycles. The molecular weight excluding hydrogens is 241 g/mol. The number of hydrogen-bond acceptors (Lipinski definition) is 4. The van der Waals surface area contributed by atoms with E-state index in [9.17, 15) is 4.79 Å². The molecule has 1 aliphatic rings. The molecule has 2 rings (SSSR count). The minimum Gasteiger partial charge on any atom is -0.453 e. The van der Waals surface area contributed by atoms with Crippen molar-refractivity contribution in [3.05, 3.63) is 34.9 Å². The van der Waals surface area contributed by atoms with E-state index in [0.29, 0.717) is 6.42 Å². The van der Waals surface area contributed by atoms with E-state index in [1.807, 2.05) is 19.1 Å². The Hall–Kier alpha value is -0.830. The summed E-state index contributed by atoms with van der Waals surface area (Å²) >= 11 is 4.61. The van der Waals surface area contributed by atoms with E-state index in [1.165, 1.54) is 5.56 Å². The molecule has 2 N–H and O–H groups in total. The van der Waals surface area contributed by atoms with E-state index >= 15 is 0 Å². The number of rotatable bonds is 2. The van der Waals surface area contributed by atoms with Gasteiger partial charge >= 0.3 is 5.71 Å². The third-order valence-corrected chi connectivity index (χ3v) is 3.51. The number of aryl methyl sites for hydroxylation is 1. The molecule has 0 saturated heterocycles. The lowest BCUT2D eigenvalue weighted by Crippen LogP contribution is -2.26. The van der Waals surface area contributed by atoms with Crippen LogP contribution in [0.5, 0.6) is 0 Å². The number of nitrogens with two attached hydrogens (primary N) is 1. The summed E-state index contributed by atoms with van der Waals surface area (Å²) < 4.78 is 5.21. The highest BCUT2D eigenvalue weighted by Crippen LogP contribution is 2.32. The van der Waals surface area contributed by atoms with Crippen molar-refractivity contribution in [2.75, 3.05) is 0 Å². The molecule has 0 amide bonds. The number of ether oxygens (including phenoxy) is 1. The topological polar surface area (TPSA) is 52.3 Å². The molecule has 0 aliphatic heterocycles. The lowest BCUT2D eigenvalue weighted by atomic mass is 10.1. The fourth-order valence-electron chi connectivity index (χ4n) is 2.02. The van der Waals surface area contributed by atoms with Crippen LogP contribution in [-0.2, 0) is 23.0 Å². The molecule has 84 valence electrons. The molecule has 0 radical (unpaired) electrons. The van der Waals surface area contributed by atoms with E-state index < -0.39 is 0 Å². The second kappa shape index (κ2) is 4.58. The van der Waals surface area contributed by atoms with Crippen molar-refractivity contribution in [3.8, 4) is 0 Å². The van der Waals surface area contributed by atoms with Gasteiger partial charge in [0.1, 0.15) is 6.10 Å². The second-order valence-electron chi connectivity index (χ2n) is 3.95. The molecule has 1 aromatic rings. The first kappa shape index (κ1) is 11.6. The summed E-state index contributed by atoms with van der Waals surface area (Å²) in [5, 5.41) is 0. The summed E-state index contributed by atoms with van der Waals surface area (Å²) in [6, 6.07) is 5.92. The first-order valence-corrected chi connectivity index (χ1v) is 6.91. The number of hydrogen-bond donors (Lipinski definition) is 1. The Morgan fingerprint density at radius 2 is 2.38 bits per heavy atom. The zero-order valence-electron chi connectivity index (χ0n) is 8.84. The molecule has 5 heteroatoms. The van der Waals surface area contributed by atoms with Crippen LogP contribution in [-0.4, -0.2) is 11.8 Å². The smallest absolute Gasteiger partial charge is 0.367 e. The number of fused-ring (bicyclic) bond motifs is 1. The normalized spacial score (nSPS) is 23.1. The summed E-state index contributed by atoms with van der Waals surface area (Å²) in [6.07, 6.45) is 0.424. The van der Waals surface area contributed by atoms with Crippen molar-refractivity contribution in [1.29, 1.82) is 0 Å². The van der Waals surface area contributed by atoms with Crippen LogP contribution in [0.25, 0.3) is 0 Å². The van der Waals surface area contributed by atoms with Crippen LogP contribution < -0.4 is 5.73 Å². The molecule has 3 nitrogen and oxygen atoms in total. The average Bonchev–Trinajstić information content (AvgIpc) is 2.56. The predicted octanol–water partition coefficient (Wildman–Crippen LogP) is 2.46. The first-order chi connectivity index (χ1) is 7.61. The van der Waals surface area contributed by atoms with Crippen LogP contribution >= 0.6 is 7.36 Å². The van der Waals surface area contributed by atoms with Gasteiger partial charge in [-0.15, -0.1) is 0 Å². The van der Waals surface area contributed by atoms with Crippen LogP contribution in [0.15, 0.2) is 18.2 Å². The Kier molecular flexibility index (Phi) is 3.33. The summed E-state index contributed by atoms with van der Waals surface area (Å²) in [5.74, 6) is 0. The van der Waals surface area contributed by atoms with E-state index in [0.717, 1.165) is 11.1 Å². The van der Waals surface area contributed by atoms with Gasteiger partial charge in [0.05, 0.1) is 13.4 Å². The third-order valence-electron chi connectivity index (χ3n) is 2.81. The van der Waals surface area contributed by atoms with Gasteiger partial charge in [-0.1, -0.05) is 23.8 Å². The average molecular weight is 253 g/mol. The molecule has 0 saturated carbocycles. The van der Waals surface area contributed by atoms with E-state index in [4.69, 9.17) is 10.5 Å². The molecule has 0 aromatic heterocycles. The number of carbonyl (C=O) groups excluding carboxylic acids is 1. The first-order valence-electron chi connectivity index (χ1n) is 5.01. The van der Waals surface area contributed by atoms with Gasteiger partial charge in [-0.2, -0.15) is 0 Å². The Labute approximate surface area is 101 Å². The molecule has 2 unspecified atom stereocenters. The zero-order valence-corrected chi connectivity index (χ0v) is 10.6. The largest absolute Gasteiger partial charge is 0.453 e. The molecule has 16 heavy (non-hydrogen) atoms. The third kappa shape index (κ3) is 2.14. The molecule has 1 aliphatic carbocycles. The quantitative estimate of drug-likeness (QED) is 0.823. The Bertz CT molecular complexity index is 450. The van der Waals surface area contributed by atoms with E-state index in [2.05, 4.69) is 17.9 Å². The molecular formula is C11H12NO2PS. The van der Waals surface area contributed by atoms with Crippen LogP contribution in [0.3, 0.4) is 0 Å². The van der Waals surface area contributed by atoms with Crippen molar-refractivity contribution in [2.45, 2.75) is 25.5 Å². The number of benzene rings is 1. The summed E-state index contributed by atoms with van der Waals surface area (Å²) in [4.78, 5) is 11.1. The second-order valence-corrected chi connectivity index (χ2v) is 5.04. The Morgan fingerprint density at radius 1 is 1.62 bits per heavy atom. The van der Waals surface area contributed by atoms with Gasteiger partial charge in [-0.05, 0) is 29.9 Å². The molecule has 0 bridgehead atoms. The van der Waals surface area contributed by atoms with Gasteiger partial charge in [0, 0.05) is 6.42 Å². The van der Waals surface area contributed by atoms with Gasteiger partial charge in [0.15, 0.2) is 0 Å². The minimum atomic E-state index is -0.389. The van der Waals surface area contributed by atoms with Crippen LogP contribution in [0, 0.1) is 6.92 Å². The maximum atomic E-state index is 11.1. The highest BCUT2D eigenvalue weighted by atomic mass is 32.4. The van der Waals surface area contributed by atoms with Crippen molar-refractivity contribution < 1.29 is 9.53 Å².